The molecule has 2 heterocycles. The van der Waals surface area contributed by atoms with Crippen molar-refractivity contribution in [1.29, 1.82) is 0 Å². The number of hydrogen-bond donors (Lipinski definition) is 0. The molecule has 0 N–H and O–H groups in total. The van der Waals surface area contributed by atoms with Gasteiger partial charge < -0.3 is 19.0 Å². The number of benzene rings is 2. The van der Waals surface area contributed by atoms with Crippen molar-refractivity contribution in [1.82, 2.24) is 9.80 Å². The van der Waals surface area contributed by atoms with Crippen molar-refractivity contribution in [3.8, 4) is 5.75 Å². The van der Waals surface area contributed by atoms with Gasteiger partial charge in [0.2, 0.25) is 0 Å². The first kappa shape index (κ1) is 19.7. The maximum absolute atomic E-state index is 13.0. The zero-order valence-electron chi connectivity index (χ0n) is 16.3. The summed E-state index contributed by atoms with van der Waals surface area (Å²) < 4.78 is 23.9. The van der Waals surface area contributed by atoms with Gasteiger partial charge >= 0.3 is 0 Å². The Kier molecular flexibility index (Phi) is 5.79. The highest BCUT2D eigenvalue weighted by Crippen LogP contribution is 2.18. The molecule has 0 bridgehead atoms. The van der Waals surface area contributed by atoms with E-state index >= 15 is 0 Å². The van der Waals surface area contributed by atoms with Crippen LogP contribution in [0.1, 0.15) is 26.5 Å². The minimum atomic E-state index is -0.294. The van der Waals surface area contributed by atoms with Crippen molar-refractivity contribution in [3.63, 3.8) is 0 Å². The smallest absolute Gasteiger partial charge is 0.289 e. The number of nitrogens with zero attached hydrogens (tertiary/aromatic N) is 2. The number of halogens is 1. The predicted octanol–water partition coefficient (Wildman–Crippen LogP) is 3.60. The molecule has 6 nitrogen and oxygen atoms in total. The fraction of sp³-hybridized carbons (Fsp3) is 0.217. The molecule has 0 saturated carbocycles. The van der Waals surface area contributed by atoms with E-state index in [0.29, 0.717) is 43.3 Å². The Balaban J connectivity index is 1.34. The summed E-state index contributed by atoms with van der Waals surface area (Å²) in [5, 5.41) is 0. The Morgan fingerprint density at radius 1 is 0.900 bits per heavy atom. The van der Waals surface area contributed by atoms with Crippen LogP contribution in [0.25, 0.3) is 0 Å². The summed E-state index contributed by atoms with van der Waals surface area (Å²) in [5.41, 5.74) is 1.36. The standard InChI is InChI=1S/C23H21FN2O4/c24-19-8-6-17(7-9-19)16-30-20-4-1-3-18(15-20)22(27)25-10-12-26(13-11-25)23(28)21-5-2-14-29-21/h1-9,14-15H,10-13,16H2. The molecule has 1 fully saturated rings. The quantitative estimate of drug-likeness (QED) is 0.647. The molecular weight excluding hydrogens is 387 g/mol. The molecule has 0 aliphatic carbocycles. The molecule has 2 amide bonds. The molecule has 154 valence electrons. The first-order valence-electron chi connectivity index (χ1n) is 9.69. The van der Waals surface area contributed by atoms with Gasteiger partial charge in [-0.1, -0.05) is 18.2 Å². The Morgan fingerprint density at radius 3 is 2.27 bits per heavy atom. The molecule has 1 aromatic heterocycles. The van der Waals surface area contributed by atoms with E-state index in [1.807, 2.05) is 0 Å². The van der Waals surface area contributed by atoms with E-state index in [9.17, 15) is 14.0 Å². The van der Waals surface area contributed by atoms with Gasteiger partial charge in [0.1, 0.15) is 18.2 Å². The fourth-order valence-electron chi connectivity index (χ4n) is 3.32. The summed E-state index contributed by atoms with van der Waals surface area (Å²) in [6.07, 6.45) is 1.47. The van der Waals surface area contributed by atoms with Crippen LogP contribution in [-0.4, -0.2) is 47.8 Å². The SMILES string of the molecule is O=C(c1cccc(OCc2ccc(F)cc2)c1)N1CCN(C(=O)c2ccco2)CC1. The lowest BCUT2D eigenvalue weighted by Gasteiger charge is -2.34. The van der Waals surface area contributed by atoms with Gasteiger partial charge in [-0.25, -0.2) is 4.39 Å². The number of ether oxygens (including phenoxy) is 1. The summed E-state index contributed by atoms with van der Waals surface area (Å²) in [5.74, 6) is 0.311. The van der Waals surface area contributed by atoms with E-state index in [-0.39, 0.29) is 24.2 Å². The van der Waals surface area contributed by atoms with E-state index in [4.69, 9.17) is 9.15 Å². The van der Waals surface area contributed by atoms with Crippen LogP contribution >= 0.6 is 0 Å². The van der Waals surface area contributed by atoms with Crippen molar-refractivity contribution in [2.45, 2.75) is 6.61 Å². The van der Waals surface area contributed by atoms with Gasteiger partial charge in [-0.3, -0.25) is 9.59 Å². The highest BCUT2D eigenvalue weighted by molar-refractivity contribution is 5.95. The second kappa shape index (κ2) is 8.82. The van der Waals surface area contributed by atoms with Crippen LogP contribution in [0.4, 0.5) is 4.39 Å². The zero-order chi connectivity index (χ0) is 20.9. The average molecular weight is 408 g/mol. The molecule has 3 aromatic rings. The van der Waals surface area contributed by atoms with Crippen LogP contribution in [0.15, 0.2) is 71.3 Å². The van der Waals surface area contributed by atoms with Crippen molar-refractivity contribution in [2.75, 3.05) is 26.2 Å². The first-order chi connectivity index (χ1) is 14.6. The largest absolute Gasteiger partial charge is 0.489 e. The van der Waals surface area contributed by atoms with Crippen LogP contribution in [0.5, 0.6) is 5.75 Å². The summed E-state index contributed by atoms with van der Waals surface area (Å²) >= 11 is 0. The lowest BCUT2D eigenvalue weighted by molar-refractivity contribution is 0.0518. The number of rotatable bonds is 5. The van der Waals surface area contributed by atoms with Crippen LogP contribution < -0.4 is 4.74 Å². The summed E-state index contributed by atoms with van der Waals surface area (Å²) in [6, 6.07) is 16.4. The number of carbonyl (C=O) groups excluding carboxylic acids is 2. The number of carbonyl (C=O) groups is 2. The van der Waals surface area contributed by atoms with E-state index in [2.05, 4.69) is 0 Å². The molecule has 4 rings (SSSR count). The predicted molar refractivity (Wildman–Crippen MR) is 108 cm³/mol. The molecule has 0 atom stereocenters. The Morgan fingerprint density at radius 2 is 1.60 bits per heavy atom. The van der Waals surface area contributed by atoms with E-state index in [1.165, 1.54) is 18.4 Å². The van der Waals surface area contributed by atoms with Crippen molar-refractivity contribution in [2.24, 2.45) is 0 Å². The van der Waals surface area contributed by atoms with Crippen LogP contribution in [-0.2, 0) is 6.61 Å². The van der Waals surface area contributed by atoms with Gasteiger partial charge in [0.05, 0.1) is 6.26 Å². The molecule has 30 heavy (non-hydrogen) atoms. The van der Waals surface area contributed by atoms with Crippen molar-refractivity contribution in [3.05, 3.63) is 89.6 Å². The van der Waals surface area contributed by atoms with Gasteiger partial charge in [-0.05, 0) is 48.0 Å². The molecule has 0 radical (unpaired) electrons. The monoisotopic (exact) mass is 408 g/mol. The third-order valence-electron chi connectivity index (χ3n) is 4.99. The van der Waals surface area contributed by atoms with Crippen LogP contribution in [0.3, 0.4) is 0 Å². The van der Waals surface area contributed by atoms with E-state index in [1.54, 1.807) is 58.3 Å². The molecule has 1 aliphatic rings. The third-order valence-corrected chi connectivity index (χ3v) is 4.99. The average Bonchev–Trinajstić information content (AvgIpc) is 3.33. The molecular formula is C23H21FN2O4. The number of furan rings is 1. The minimum absolute atomic E-state index is 0.104. The Labute approximate surface area is 173 Å². The maximum atomic E-state index is 13.0. The summed E-state index contributed by atoms with van der Waals surface area (Å²) in [4.78, 5) is 28.6. The van der Waals surface area contributed by atoms with Gasteiger partial charge in [-0.15, -0.1) is 0 Å². The van der Waals surface area contributed by atoms with Crippen LogP contribution in [0.2, 0.25) is 0 Å². The summed E-state index contributed by atoms with van der Waals surface area (Å²) in [7, 11) is 0. The molecule has 1 aliphatic heterocycles. The second-order valence-corrected chi connectivity index (χ2v) is 7.00. The highest BCUT2D eigenvalue weighted by atomic mass is 19.1. The first-order valence-corrected chi connectivity index (χ1v) is 9.69. The van der Waals surface area contributed by atoms with Gasteiger partial charge in [0.25, 0.3) is 11.8 Å². The van der Waals surface area contributed by atoms with Crippen molar-refractivity contribution < 1.29 is 23.1 Å². The Hall–Kier alpha value is -3.61. The van der Waals surface area contributed by atoms with Gasteiger partial charge in [-0.2, -0.15) is 0 Å². The fourth-order valence-corrected chi connectivity index (χ4v) is 3.32. The van der Waals surface area contributed by atoms with Gasteiger partial charge in [0.15, 0.2) is 5.76 Å². The number of hydrogen-bond acceptors (Lipinski definition) is 4. The van der Waals surface area contributed by atoms with Gasteiger partial charge in [0, 0.05) is 31.7 Å². The summed E-state index contributed by atoms with van der Waals surface area (Å²) in [6.45, 7) is 2.08. The lowest BCUT2D eigenvalue weighted by Crippen LogP contribution is -2.50. The maximum Gasteiger partial charge on any atom is 0.289 e. The topological polar surface area (TPSA) is 63.0 Å². The van der Waals surface area contributed by atoms with Crippen LogP contribution in [0, 0.1) is 5.82 Å². The van der Waals surface area contributed by atoms with E-state index < -0.39 is 0 Å². The lowest BCUT2D eigenvalue weighted by atomic mass is 10.1. The number of amides is 2. The second-order valence-electron chi connectivity index (χ2n) is 7.00. The van der Waals surface area contributed by atoms with E-state index in [0.717, 1.165) is 5.56 Å². The number of piperazine rings is 1. The molecule has 0 spiro atoms. The zero-order valence-corrected chi connectivity index (χ0v) is 16.3. The molecule has 2 aromatic carbocycles. The molecule has 7 heteroatoms. The molecule has 0 unspecified atom stereocenters. The minimum Gasteiger partial charge on any atom is -0.489 e. The normalized spacial score (nSPS) is 13.9. The molecule has 1 saturated heterocycles. The highest BCUT2D eigenvalue weighted by Gasteiger charge is 2.26. The third kappa shape index (κ3) is 4.51. The van der Waals surface area contributed by atoms with Crippen molar-refractivity contribution >= 4 is 11.8 Å². The Bertz CT molecular complexity index is 1010.